The van der Waals surface area contributed by atoms with E-state index in [0.717, 1.165) is 17.0 Å². The molecule has 1 aromatic heterocycles. The van der Waals surface area contributed by atoms with Gasteiger partial charge < -0.3 is 14.2 Å². The van der Waals surface area contributed by atoms with Crippen molar-refractivity contribution in [3.05, 3.63) is 53.4 Å². The first-order chi connectivity index (χ1) is 14.0. The Morgan fingerprint density at radius 1 is 1.07 bits per heavy atom. The number of ether oxygens (including phenoxy) is 3. The highest BCUT2D eigenvalue weighted by Gasteiger charge is 2.12. The Balaban J connectivity index is 1.67. The number of aromatic nitrogens is 1. The van der Waals surface area contributed by atoms with Crippen LogP contribution in [0.5, 0.6) is 17.2 Å². The molecule has 0 bridgehead atoms. The fourth-order valence-corrected chi connectivity index (χ4v) is 3.31. The van der Waals surface area contributed by atoms with Crippen molar-refractivity contribution >= 4 is 22.4 Å². The van der Waals surface area contributed by atoms with E-state index < -0.39 is 0 Å². The van der Waals surface area contributed by atoms with Crippen molar-refractivity contribution < 1.29 is 19.0 Å². The molecule has 0 saturated carbocycles. The zero-order chi connectivity index (χ0) is 20.8. The standard InChI is InChI=1S/C22H24N2O4S/c1-14(2)12-28-17-8-5-15(6-9-17)21(25)24-22-23-18(13-29-22)16-7-10-19(26-3)20(11-16)27-4/h5-11,13-14H,12H2,1-4H3,(H,23,24,25). The Morgan fingerprint density at radius 3 is 2.45 bits per heavy atom. The zero-order valence-electron chi connectivity index (χ0n) is 16.9. The summed E-state index contributed by atoms with van der Waals surface area (Å²) in [4.78, 5) is 17.0. The maximum atomic E-state index is 12.5. The number of nitrogens with zero attached hydrogens (tertiary/aromatic N) is 1. The zero-order valence-corrected chi connectivity index (χ0v) is 17.7. The molecule has 0 saturated heterocycles. The second kappa shape index (κ2) is 9.43. The number of hydrogen-bond donors (Lipinski definition) is 1. The molecule has 0 spiro atoms. The van der Waals surface area contributed by atoms with Crippen molar-refractivity contribution in [1.82, 2.24) is 4.98 Å². The van der Waals surface area contributed by atoms with Crippen LogP contribution in [0.3, 0.4) is 0 Å². The van der Waals surface area contributed by atoms with Crippen molar-refractivity contribution in [2.75, 3.05) is 26.1 Å². The third kappa shape index (κ3) is 5.26. The first-order valence-electron chi connectivity index (χ1n) is 9.22. The predicted molar refractivity (Wildman–Crippen MR) is 115 cm³/mol. The van der Waals surface area contributed by atoms with Gasteiger partial charge in [0.25, 0.3) is 5.91 Å². The van der Waals surface area contributed by atoms with Gasteiger partial charge in [0, 0.05) is 16.5 Å². The summed E-state index contributed by atoms with van der Waals surface area (Å²) in [6, 6.07) is 12.7. The van der Waals surface area contributed by atoms with Gasteiger partial charge in [-0.05, 0) is 48.4 Å². The van der Waals surface area contributed by atoms with Gasteiger partial charge in [0.05, 0.1) is 26.5 Å². The molecule has 0 aliphatic heterocycles. The SMILES string of the molecule is COc1ccc(-c2csc(NC(=O)c3ccc(OCC(C)C)cc3)n2)cc1OC. The van der Waals surface area contributed by atoms with Crippen LogP contribution in [0.2, 0.25) is 0 Å². The molecule has 2 aromatic carbocycles. The first-order valence-corrected chi connectivity index (χ1v) is 10.1. The van der Waals surface area contributed by atoms with Crippen LogP contribution in [-0.4, -0.2) is 31.7 Å². The number of anilines is 1. The summed E-state index contributed by atoms with van der Waals surface area (Å²) in [7, 11) is 3.18. The molecule has 3 aromatic rings. The van der Waals surface area contributed by atoms with Crippen LogP contribution in [0, 0.1) is 5.92 Å². The molecule has 1 heterocycles. The number of carbonyl (C=O) groups excluding carboxylic acids is 1. The molecule has 1 N–H and O–H groups in total. The maximum absolute atomic E-state index is 12.5. The number of amides is 1. The number of carbonyl (C=O) groups is 1. The molecular formula is C22H24N2O4S. The van der Waals surface area contributed by atoms with E-state index >= 15 is 0 Å². The first kappa shape index (κ1) is 20.7. The van der Waals surface area contributed by atoms with Gasteiger partial charge in [-0.15, -0.1) is 11.3 Å². The lowest BCUT2D eigenvalue weighted by Gasteiger charge is -2.09. The lowest BCUT2D eigenvalue weighted by Crippen LogP contribution is -2.11. The van der Waals surface area contributed by atoms with Gasteiger partial charge in [0.1, 0.15) is 5.75 Å². The van der Waals surface area contributed by atoms with Crippen molar-refractivity contribution in [1.29, 1.82) is 0 Å². The van der Waals surface area contributed by atoms with Gasteiger partial charge in [0.2, 0.25) is 0 Å². The van der Waals surface area contributed by atoms with E-state index in [1.54, 1.807) is 38.5 Å². The lowest BCUT2D eigenvalue weighted by atomic mass is 10.1. The van der Waals surface area contributed by atoms with Gasteiger partial charge in [-0.3, -0.25) is 10.1 Å². The Morgan fingerprint density at radius 2 is 1.79 bits per heavy atom. The molecule has 152 valence electrons. The second-order valence-corrected chi connectivity index (χ2v) is 7.65. The molecule has 7 heteroatoms. The number of methoxy groups -OCH3 is 2. The van der Waals surface area contributed by atoms with Gasteiger partial charge >= 0.3 is 0 Å². The lowest BCUT2D eigenvalue weighted by molar-refractivity contribution is 0.102. The summed E-state index contributed by atoms with van der Waals surface area (Å²) < 4.78 is 16.2. The molecule has 0 fully saturated rings. The van der Waals surface area contributed by atoms with Crippen LogP contribution in [0.4, 0.5) is 5.13 Å². The van der Waals surface area contributed by atoms with E-state index in [0.29, 0.717) is 34.7 Å². The molecular weight excluding hydrogens is 388 g/mol. The predicted octanol–water partition coefficient (Wildman–Crippen LogP) is 5.11. The molecule has 0 aliphatic carbocycles. The number of benzene rings is 2. The minimum absolute atomic E-state index is 0.214. The highest BCUT2D eigenvalue weighted by molar-refractivity contribution is 7.14. The summed E-state index contributed by atoms with van der Waals surface area (Å²) in [5, 5.41) is 5.26. The summed E-state index contributed by atoms with van der Waals surface area (Å²) in [6.45, 7) is 4.82. The van der Waals surface area contributed by atoms with E-state index in [9.17, 15) is 4.79 Å². The largest absolute Gasteiger partial charge is 0.493 e. The van der Waals surface area contributed by atoms with Gasteiger partial charge in [0.15, 0.2) is 16.6 Å². The third-order valence-corrected chi connectivity index (χ3v) is 4.86. The number of rotatable bonds is 8. The van der Waals surface area contributed by atoms with Crippen LogP contribution in [0.25, 0.3) is 11.3 Å². The fraction of sp³-hybridized carbons (Fsp3) is 0.273. The summed E-state index contributed by atoms with van der Waals surface area (Å²) in [5.74, 6) is 2.26. The topological polar surface area (TPSA) is 69.7 Å². The normalized spacial score (nSPS) is 10.7. The molecule has 6 nitrogen and oxygen atoms in total. The number of hydrogen-bond acceptors (Lipinski definition) is 6. The van der Waals surface area contributed by atoms with E-state index in [1.807, 2.05) is 23.6 Å². The summed E-state index contributed by atoms with van der Waals surface area (Å²) in [6.07, 6.45) is 0. The molecule has 3 rings (SSSR count). The number of nitrogens with one attached hydrogen (secondary N) is 1. The smallest absolute Gasteiger partial charge is 0.257 e. The van der Waals surface area contributed by atoms with Crippen LogP contribution in [0.15, 0.2) is 47.8 Å². The highest BCUT2D eigenvalue weighted by atomic mass is 32.1. The minimum atomic E-state index is -0.214. The Kier molecular flexibility index (Phi) is 6.72. The van der Waals surface area contributed by atoms with E-state index in [1.165, 1.54) is 11.3 Å². The van der Waals surface area contributed by atoms with Crippen LogP contribution < -0.4 is 19.5 Å². The van der Waals surface area contributed by atoms with E-state index in [4.69, 9.17) is 14.2 Å². The molecule has 0 radical (unpaired) electrons. The molecule has 1 amide bonds. The monoisotopic (exact) mass is 412 g/mol. The average Bonchev–Trinajstić information content (AvgIpc) is 3.20. The molecule has 0 unspecified atom stereocenters. The fourth-order valence-electron chi connectivity index (χ4n) is 2.59. The van der Waals surface area contributed by atoms with Gasteiger partial charge in [-0.2, -0.15) is 0 Å². The van der Waals surface area contributed by atoms with E-state index in [-0.39, 0.29) is 5.91 Å². The molecule has 0 atom stereocenters. The third-order valence-electron chi connectivity index (χ3n) is 4.10. The van der Waals surface area contributed by atoms with Crippen LogP contribution in [0.1, 0.15) is 24.2 Å². The summed E-state index contributed by atoms with van der Waals surface area (Å²) >= 11 is 1.37. The molecule has 0 aliphatic rings. The van der Waals surface area contributed by atoms with E-state index in [2.05, 4.69) is 24.1 Å². The van der Waals surface area contributed by atoms with Crippen LogP contribution in [-0.2, 0) is 0 Å². The van der Waals surface area contributed by atoms with Crippen molar-refractivity contribution in [2.24, 2.45) is 5.92 Å². The Hall–Kier alpha value is -3.06. The Labute approximate surface area is 174 Å². The second-order valence-electron chi connectivity index (χ2n) is 6.79. The Bertz CT molecular complexity index is 967. The van der Waals surface area contributed by atoms with Crippen LogP contribution >= 0.6 is 11.3 Å². The van der Waals surface area contributed by atoms with Crippen molar-refractivity contribution in [2.45, 2.75) is 13.8 Å². The van der Waals surface area contributed by atoms with Crippen molar-refractivity contribution in [3.8, 4) is 28.5 Å². The minimum Gasteiger partial charge on any atom is -0.493 e. The quantitative estimate of drug-likeness (QED) is 0.556. The molecule has 29 heavy (non-hydrogen) atoms. The highest BCUT2D eigenvalue weighted by Crippen LogP contribution is 2.33. The summed E-state index contributed by atoms with van der Waals surface area (Å²) in [5.41, 5.74) is 2.18. The average molecular weight is 413 g/mol. The van der Waals surface area contributed by atoms with Gasteiger partial charge in [-0.1, -0.05) is 13.8 Å². The maximum Gasteiger partial charge on any atom is 0.257 e. The van der Waals surface area contributed by atoms with Gasteiger partial charge in [-0.25, -0.2) is 4.98 Å². The van der Waals surface area contributed by atoms with Crippen molar-refractivity contribution in [3.63, 3.8) is 0 Å². The number of thiazole rings is 1.